The minimum absolute atomic E-state index is 0.00419. The van der Waals surface area contributed by atoms with Gasteiger partial charge in [0.15, 0.2) is 0 Å². The fourth-order valence-corrected chi connectivity index (χ4v) is 8.42. The third kappa shape index (κ3) is 5.07. The summed E-state index contributed by atoms with van der Waals surface area (Å²) >= 11 is 0. The molecule has 0 bridgehead atoms. The molecule has 0 spiro atoms. The fraction of sp³-hybridized carbons (Fsp3) is 0.111. The molecule has 1 aliphatic heterocycles. The molecule has 2 aliphatic carbocycles. The number of para-hydroxylation sites is 1. The quantitative estimate of drug-likeness (QED) is 0.128. The van der Waals surface area contributed by atoms with Gasteiger partial charge in [0.2, 0.25) is 0 Å². The monoisotopic (exact) mass is 746 g/mol. The van der Waals surface area contributed by atoms with E-state index in [9.17, 15) is 5.41 Å². The van der Waals surface area contributed by atoms with Crippen molar-refractivity contribution in [2.45, 2.75) is 12.0 Å². The largest absolute Gasteiger partial charge is 0.485 e. The summed E-state index contributed by atoms with van der Waals surface area (Å²) in [6, 6.07) is 30.5. The SMILES string of the molecule is CN/N=C1\C(=N)C(c2ccc3oc4ccccc4c3c2)=CC=C1N(c1cccc2nn(C)nc12)c1ccc(-c2ccc3c(c2)C2C=CC=CC2O3)c2nn(C)nc12. The van der Waals surface area contributed by atoms with Gasteiger partial charge in [0.1, 0.15) is 50.8 Å². The van der Waals surface area contributed by atoms with Crippen LogP contribution in [0.2, 0.25) is 0 Å². The van der Waals surface area contributed by atoms with Gasteiger partial charge in [-0.15, -0.1) is 0 Å². The molecule has 2 N–H and O–H groups in total. The van der Waals surface area contributed by atoms with Crippen molar-refractivity contribution in [2.24, 2.45) is 19.2 Å². The van der Waals surface area contributed by atoms with Gasteiger partial charge in [-0.25, -0.2) is 0 Å². The Hall–Kier alpha value is -7.60. The lowest BCUT2D eigenvalue weighted by atomic mass is 9.89. The van der Waals surface area contributed by atoms with Gasteiger partial charge in [-0.05, 0) is 84.0 Å². The third-order valence-corrected chi connectivity index (χ3v) is 10.9. The number of hydrazone groups is 1. The number of nitrogens with one attached hydrogen (secondary N) is 2. The van der Waals surface area contributed by atoms with E-state index < -0.39 is 0 Å². The van der Waals surface area contributed by atoms with Crippen molar-refractivity contribution in [2.75, 3.05) is 11.9 Å². The van der Waals surface area contributed by atoms with Crippen LogP contribution in [0.1, 0.15) is 17.0 Å². The Kier molecular flexibility index (Phi) is 7.17. The second kappa shape index (κ2) is 12.5. The van der Waals surface area contributed by atoms with Crippen molar-refractivity contribution in [3.63, 3.8) is 0 Å². The summed E-state index contributed by atoms with van der Waals surface area (Å²) < 4.78 is 12.4. The van der Waals surface area contributed by atoms with Gasteiger partial charge < -0.3 is 19.5 Å². The number of allylic oxidation sites excluding steroid dienone is 6. The molecule has 0 radical (unpaired) electrons. The van der Waals surface area contributed by atoms with E-state index in [-0.39, 0.29) is 17.7 Å². The number of nitrogens with zero attached hydrogens (tertiary/aromatic N) is 8. The van der Waals surface area contributed by atoms with E-state index in [0.717, 1.165) is 77.9 Å². The molecule has 57 heavy (non-hydrogen) atoms. The molecule has 2 atom stereocenters. The maximum atomic E-state index is 9.72. The van der Waals surface area contributed by atoms with Crippen LogP contribution in [0.15, 0.2) is 143 Å². The van der Waals surface area contributed by atoms with Gasteiger partial charge >= 0.3 is 0 Å². The molecule has 4 heterocycles. The molecule has 5 aromatic carbocycles. The molecule has 0 saturated heterocycles. The van der Waals surface area contributed by atoms with Gasteiger partial charge in [-0.2, -0.15) is 35.1 Å². The standard InChI is InChI=1S/C45H34N10O2/c1-47-48-44-35(19-17-27(41(44)46)25-15-21-39-31(23-25)29-9-4-6-13-37(29)56-39)55(34-12-8-11-33-43(34)51-53(2)49-33)36-20-18-28(42-45(36)52-54(3)50-42)26-16-22-40-32(24-26)30-10-5-7-14-38(30)57-40/h4-24,30,38,46-47H,1-3H3/b46-41?,48-44-. The first-order valence-electron chi connectivity index (χ1n) is 18.7. The normalized spacial score (nSPS) is 18.0. The molecule has 0 amide bonds. The van der Waals surface area contributed by atoms with Crippen LogP contribution in [0, 0.1) is 5.41 Å². The number of benzene rings is 5. The van der Waals surface area contributed by atoms with E-state index in [1.807, 2.05) is 80.9 Å². The molecule has 276 valence electrons. The number of anilines is 2. The topological polar surface area (TPSA) is 135 Å². The third-order valence-electron chi connectivity index (χ3n) is 10.9. The average Bonchev–Trinajstić information content (AvgIpc) is 4.00. The van der Waals surface area contributed by atoms with E-state index in [1.165, 1.54) is 0 Å². The van der Waals surface area contributed by atoms with E-state index in [1.54, 1.807) is 16.6 Å². The lowest BCUT2D eigenvalue weighted by Crippen LogP contribution is -2.32. The number of ether oxygens (including phenoxy) is 1. The number of furan rings is 1. The molecular weight excluding hydrogens is 713 g/mol. The van der Waals surface area contributed by atoms with Gasteiger partial charge in [0.25, 0.3) is 0 Å². The highest BCUT2D eigenvalue weighted by molar-refractivity contribution is 6.62. The van der Waals surface area contributed by atoms with Gasteiger partial charge in [0.05, 0.1) is 22.8 Å². The number of fused-ring (bicyclic) bond motifs is 8. The molecule has 0 fully saturated rings. The summed E-state index contributed by atoms with van der Waals surface area (Å²) in [5.74, 6) is 1.05. The van der Waals surface area contributed by atoms with Crippen molar-refractivity contribution < 1.29 is 9.15 Å². The minimum atomic E-state index is -0.00419. The van der Waals surface area contributed by atoms with Crippen molar-refractivity contribution in [1.82, 2.24) is 35.4 Å². The van der Waals surface area contributed by atoms with Crippen molar-refractivity contribution >= 4 is 72.4 Å². The van der Waals surface area contributed by atoms with Crippen molar-refractivity contribution in [3.8, 4) is 16.9 Å². The number of hydrogen-bond donors (Lipinski definition) is 2. The van der Waals surface area contributed by atoms with E-state index in [2.05, 4.69) is 76.1 Å². The van der Waals surface area contributed by atoms with Crippen molar-refractivity contribution in [1.29, 1.82) is 5.41 Å². The van der Waals surface area contributed by atoms with Crippen LogP contribution in [0.3, 0.4) is 0 Å². The number of hydrogen-bond acceptors (Lipinski definition) is 10. The van der Waals surface area contributed by atoms with E-state index in [0.29, 0.717) is 22.4 Å². The zero-order valence-electron chi connectivity index (χ0n) is 31.2. The second-order valence-electron chi connectivity index (χ2n) is 14.3. The highest BCUT2D eigenvalue weighted by atomic mass is 16.5. The molecule has 11 rings (SSSR count). The summed E-state index contributed by atoms with van der Waals surface area (Å²) in [6.07, 6.45) is 12.4. The van der Waals surface area contributed by atoms with Crippen LogP contribution in [0.4, 0.5) is 11.4 Å². The summed E-state index contributed by atoms with van der Waals surface area (Å²) in [5.41, 5.74) is 15.0. The lowest BCUT2D eigenvalue weighted by Gasteiger charge is -2.31. The predicted octanol–water partition coefficient (Wildman–Crippen LogP) is 8.50. The number of rotatable bonds is 6. The van der Waals surface area contributed by atoms with Crippen LogP contribution in [-0.2, 0) is 14.1 Å². The van der Waals surface area contributed by atoms with Crippen LogP contribution < -0.4 is 15.1 Å². The maximum Gasteiger partial charge on any atom is 0.137 e. The summed E-state index contributed by atoms with van der Waals surface area (Å²) in [5, 5.41) is 35.9. The van der Waals surface area contributed by atoms with Crippen molar-refractivity contribution in [3.05, 3.63) is 144 Å². The number of aromatic nitrogens is 6. The zero-order chi connectivity index (χ0) is 38.4. The van der Waals surface area contributed by atoms with Gasteiger partial charge in [0, 0.05) is 54.5 Å². The van der Waals surface area contributed by atoms with Gasteiger partial charge in [-0.1, -0.05) is 54.6 Å². The minimum Gasteiger partial charge on any atom is -0.485 e. The zero-order valence-corrected chi connectivity index (χ0v) is 31.2. The summed E-state index contributed by atoms with van der Waals surface area (Å²) in [4.78, 5) is 5.25. The van der Waals surface area contributed by atoms with Crippen LogP contribution in [0.5, 0.6) is 5.75 Å². The second-order valence-corrected chi connectivity index (χ2v) is 14.3. The Morgan fingerprint density at radius 3 is 2.44 bits per heavy atom. The lowest BCUT2D eigenvalue weighted by molar-refractivity contribution is 0.269. The first kappa shape index (κ1) is 32.8. The molecular formula is C45H34N10O2. The molecule has 0 saturated carbocycles. The Morgan fingerprint density at radius 2 is 1.53 bits per heavy atom. The molecule has 3 aromatic heterocycles. The average molecular weight is 747 g/mol. The first-order chi connectivity index (χ1) is 27.9. The van der Waals surface area contributed by atoms with Crippen LogP contribution in [-0.4, -0.2) is 54.6 Å². The van der Waals surface area contributed by atoms with E-state index in [4.69, 9.17) is 29.6 Å². The Morgan fingerprint density at radius 1 is 0.737 bits per heavy atom. The highest BCUT2D eigenvalue weighted by Crippen LogP contribution is 2.46. The smallest absolute Gasteiger partial charge is 0.137 e. The Balaban J connectivity index is 1.10. The predicted molar refractivity (Wildman–Crippen MR) is 224 cm³/mol. The highest BCUT2D eigenvalue weighted by Gasteiger charge is 2.34. The molecule has 12 heteroatoms. The summed E-state index contributed by atoms with van der Waals surface area (Å²) in [7, 11) is 5.39. The molecule has 3 aliphatic rings. The molecule has 8 aromatic rings. The van der Waals surface area contributed by atoms with Gasteiger partial charge in [-0.3, -0.25) is 5.41 Å². The van der Waals surface area contributed by atoms with Crippen LogP contribution >= 0.6 is 0 Å². The first-order valence-corrected chi connectivity index (χ1v) is 18.7. The maximum absolute atomic E-state index is 9.72. The fourth-order valence-electron chi connectivity index (χ4n) is 8.42. The summed E-state index contributed by atoms with van der Waals surface area (Å²) in [6.45, 7) is 0. The Labute approximate surface area is 325 Å². The van der Waals surface area contributed by atoms with E-state index >= 15 is 0 Å². The number of aryl methyl sites for hydroxylation is 2. The Bertz CT molecular complexity index is 3170. The molecule has 2 unspecified atom stereocenters. The molecule has 12 nitrogen and oxygen atoms in total. The van der Waals surface area contributed by atoms with Crippen LogP contribution in [0.25, 0.3) is 60.7 Å².